The lowest BCUT2D eigenvalue weighted by Crippen LogP contribution is -2.25. The molecule has 1 amide bonds. The molecule has 124 valence electrons. The maximum atomic E-state index is 13.3. The fourth-order valence-electron chi connectivity index (χ4n) is 2.55. The van der Waals surface area contributed by atoms with E-state index in [-0.39, 0.29) is 11.7 Å². The molecule has 0 saturated heterocycles. The van der Waals surface area contributed by atoms with E-state index in [1.54, 1.807) is 24.1 Å². The van der Waals surface area contributed by atoms with Crippen LogP contribution in [0.5, 0.6) is 0 Å². The summed E-state index contributed by atoms with van der Waals surface area (Å²) < 4.78 is 14.2. The molecule has 0 atom stereocenters. The predicted octanol–water partition coefficient (Wildman–Crippen LogP) is 4.38. The number of thiophene rings is 1. The van der Waals surface area contributed by atoms with Crippen molar-refractivity contribution in [1.82, 2.24) is 4.90 Å². The summed E-state index contributed by atoms with van der Waals surface area (Å²) in [5.41, 5.74) is 2.20. The van der Waals surface area contributed by atoms with Gasteiger partial charge in [0.15, 0.2) is 0 Å². The maximum Gasteiger partial charge on any atom is 0.264 e. The average Bonchev–Trinajstić information content (AvgIpc) is 2.97. The Morgan fingerprint density at radius 3 is 2.42 bits per heavy atom. The number of amides is 1. The molecule has 3 aromatic rings. The van der Waals surface area contributed by atoms with Crippen LogP contribution in [0.15, 0.2) is 48.5 Å². The molecule has 0 bridgehead atoms. The van der Waals surface area contributed by atoms with Crippen LogP contribution >= 0.6 is 11.3 Å². The van der Waals surface area contributed by atoms with Gasteiger partial charge in [-0.2, -0.15) is 0 Å². The number of fused-ring (bicyclic) bond motifs is 1. The molecule has 1 aromatic heterocycles. The quantitative estimate of drug-likeness (QED) is 0.702. The first-order valence-corrected chi connectivity index (χ1v) is 8.46. The van der Waals surface area contributed by atoms with Gasteiger partial charge in [0.1, 0.15) is 5.82 Å². The Morgan fingerprint density at radius 2 is 1.75 bits per heavy atom. The van der Waals surface area contributed by atoms with Gasteiger partial charge < -0.3 is 9.80 Å². The molecule has 1 heterocycles. The molecule has 3 nitrogen and oxygen atoms in total. The largest absolute Gasteiger partial charge is 0.378 e. The van der Waals surface area contributed by atoms with Crippen LogP contribution in [0.4, 0.5) is 10.1 Å². The normalized spacial score (nSPS) is 10.8. The van der Waals surface area contributed by atoms with E-state index in [0.29, 0.717) is 11.4 Å². The van der Waals surface area contributed by atoms with E-state index in [9.17, 15) is 9.18 Å². The standard InChI is InChI=1S/C19H19FN2OS/c1-21(2)16-7-4-13(5-8-16)12-22(3)19(23)18-11-14-10-15(20)6-9-17(14)24-18/h4-11H,12H2,1-3H3. The molecule has 0 unspecified atom stereocenters. The second-order valence-corrected chi connectivity index (χ2v) is 7.10. The minimum atomic E-state index is -0.284. The lowest BCUT2D eigenvalue weighted by atomic mass is 10.2. The number of carbonyl (C=O) groups is 1. The number of hydrogen-bond acceptors (Lipinski definition) is 3. The van der Waals surface area contributed by atoms with Crippen molar-refractivity contribution in [2.45, 2.75) is 6.54 Å². The van der Waals surface area contributed by atoms with Crippen molar-refractivity contribution in [3.05, 3.63) is 64.8 Å². The second-order valence-electron chi connectivity index (χ2n) is 6.01. The zero-order chi connectivity index (χ0) is 17.3. The van der Waals surface area contributed by atoms with Gasteiger partial charge in [-0.3, -0.25) is 4.79 Å². The van der Waals surface area contributed by atoms with E-state index in [0.717, 1.165) is 21.3 Å². The highest BCUT2D eigenvalue weighted by Gasteiger charge is 2.15. The van der Waals surface area contributed by atoms with Gasteiger partial charge >= 0.3 is 0 Å². The molecule has 0 aliphatic carbocycles. The van der Waals surface area contributed by atoms with E-state index in [1.165, 1.54) is 23.5 Å². The average molecular weight is 342 g/mol. The van der Waals surface area contributed by atoms with Crippen molar-refractivity contribution in [3.8, 4) is 0 Å². The summed E-state index contributed by atoms with van der Waals surface area (Å²) >= 11 is 1.39. The number of hydrogen-bond donors (Lipinski definition) is 0. The van der Waals surface area contributed by atoms with Crippen LogP contribution in [0.1, 0.15) is 15.2 Å². The molecule has 0 aliphatic heterocycles. The van der Waals surface area contributed by atoms with Crippen LogP contribution < -0.4 is 4.90 Å². The van der Waals surface area contributed by atoms with Crippen LogP contribution in [0.3, 0.4) is 0 Å². The summed E-state index contributed by atoms with van der Waals surface area (Å²) in [4.78, 5) is 17.0. The lowest BCUT2D eigenvalue weighted by molar-refractivity contribution is 0.0790. The van der Waals surface area contributed by atoms with Gasteiger partial charge in [-0.1, -0.05) is 12.1 Å². The first-order chi connectivity index (χ1) is 11.4. The van der Waals surface area contributed by atoms with Crippen molar-refractivity contribution in [1.29, 1.82) is 0 Å². The summed E-state index contributed by atoms with van der Waals surface area (Å²) in [6.07, 6.45) is 0. The topological polar surface area (TPSA) is 23.6 Å². The molecule has 2 aromatic carbocycles. The van der Waals surface area contributed by atoms with E-state index in [2.05, 4.69) is 0 Å². The van der Waals surface area contributed by atoms with Gasteiger partial charge in [0.05, 0.1) is 4.88 Å². The number of carbonyl (C=O) groups excluding carboxylic acids is 1. The Morgan fingerprint density at radius 1 is 1.04 bits per heavy atom. The minimum absolute atomic E-state index is 0.0479. The Kier molecular flexibility index (Phi) is 4.53. The molecule has 24 heavy (non-hydrogen) atoms. The van der Waals surface area contributed by atoms with E-state index < -0.39 is 0 Å². The predicted molar refractivity (Wildman–Crippen MR) is 98.3 cm³/mol. The summed E-state index contributed by atoms with van der Waals surface area (Å²) in [6.45, 7) is 0.537. The molecule has 0 spiro atoms. The van der Waals surface area contributed by atoms with Gasteiger partial charge in [-0.25, -0.2) is 4.39 Å². The molecule has 0 fully saturated rings. The Balaban J connectivity index is 1.75. The first-order valence-electron chi connectivity index (χ1n) is 7.65. The molecule has 0 N–H and O–H groups in total. The number of nitrogens with zero attached hydrogens (tertiary/aromatic N) is 2. The lowest BCUT2D eigenvalue weighted by Gasteiger charge is -2.17. The van der Waals surface area contributed by atoms with Gasteiger partial charge in [-0.05, 0) is 47.3 Å². The molecular weight excluding hydrogens is 323 g/mol. The monoisotopic (exact) mass is 342 g/mol. The van der Waals surface area contributed by atoms with E-state index >= 15 is 0 Å². The molecule has 3 rings (SSSR count). The van der Waals surface area contributed by atoms with Crippen molar-refractivity contribution < 1.29 is 9.18 Å². The summed E-state index contributed by atoms with van der Waals surface area (Å²) in [5.74, 6) is -0.332. The Bertz CT molecular complexity index is 871. The molecule has 0 aliphatic rings. The fourth-order valence-corrected chi connectivity index (χ4v) is 3.59. The molecule has 5 heteroatoms. The first kappa shape index (κ1) is 16.5. The van der Waals surface area contributed by atoms with Crippen molar-refractivity contribution in [2.24, 2.45) is 0 Å². The second kappa shape index (κ2) is 6.61. The number of rotatable bonds is 4. The summed E-state index contributed by atoms with van der Waals surface area (Å²) in [7, 11) is 5.77. The van der Waals surface area contributed by atoms with Crippen molar-refractivity contribution in [3.63, 3.8) is 0 Å². The molecule has 0 saturated carbocycles. The van der Waals surface area contributed by atoms with Gasteiger partial charge in [0.25, 0.3) is 5.91 Å². The zero-order valence-electron chi connectivity index (χ0n) is 13.9. The summed E-state index contributed by atoms with van der Waals surface area (Å²) in [6, 6.07) is 14.5. The van der Waals surface area contributed by atoms with Crippen molar-refractivity contribution >= 4 is 33.0 Å². The SMILES string of the molecule is CN(Cc1ccc(N(C)C)cc1)C(=O)c1cc2cc(F)ccc2s1. The maximum absolute atomic E-state index is 13.3. The smallest absolute Gasteiger partial charge is 0.264 e. The van der Waals surface area contributed by atoms with Gasteiger partial charge in [-0.15, -0.1) is 11.3 Å². The van der Waals surface area contributed by atoms with E-state index in [4.69, 9.17) is 0 Å². The molecule has 0 radical (unpaired) electrons. The highest BCUT2D eigenvalue weighted by Crippen LogP contribution is 2.27. The Hall–Kier alpha value is -2.40. The number of halogens is 1. The van der Waals surface area contributed by atoms with Crippen LogP contribution in [0.2, 0.25) is 0 Å². The third-order valence-corrected chi connectivity index (χ3v) is 5.01. The highest BCUT2D eigenvalue weighted by molar-refractivity contribution is 7.20. The van der Waals surface area contributed by atoms with E-state index in [1.807, 2.05) is 43.3 Å². The van der Waals surface area contributed by atoms with Crippen LogP contribution in [-0.4, -0.2) is 32.0 Å². The number of anilines is 1. The fraction of sp³-hybridized carbons (Fsp3) is 0.211. The highest BCUT2D eigenvalue weighted by atomic mass is 32.1. The third kappa shape index (κ3) is 3.41. The minimum Gasteiger partial charge on any atom is -0.378 e. The Labute approximate surface area is 144 Å². The van der Waals surface area contributed by atoms with Crippen LogP contribution in [0, 0.1) is 5.82 Å². The van der Waals surface area contributed by atoms with Gasteiger partial charge in [0, 0.05) is 38.1 Å². The zero-order valence-corrected chi connectivity index (χ0v) is 14.7. The third-order valence-electron chi connectivity index (χ3n) is 3.91. The van der Waals surface area contributed by atoms with Crippen LogP contribution in [0.25, 0.3) is 10.1 Å². The molecular formula is C19H19FN2OS. The van der Waals surface area contributed by atoms with Crippen LogP contribution in [-0.2, 0) is 6.54 Å². The summed E-state index contributed by atoms with van der Waals surface area (Å²) in [5, 5.41) is 0.770. The van der Waals surface area contributed by atoms with Gasteiger partial charge in [0.2, 0.25) is 0 Å². The van der Waals surface area contributed by atoms with Crippen molar-refractivity contribution in [2.75, 3.05) is 26.0 Å². The number of benzene rings is 2.